The van der Waals surface area contributed by atoms with Crippen molar-refractivity contribution in [3.63, 3.8) is 0 Å². The summed E-state index contributed by atoms with van der Waals surface area (Å²) in [5, 5.41) is 19.4. The van der Waals surface area contributed by atoms with Gasteiger partial charge in [0, 0.05) is 19.2 Å². The molecule has 3 rings (SSSR count). The molecular formula is C16H14BrNO3. The number of hydrogen-bond donors (Lipinski definition) is 2. The van der Waals surface area contributed by atoms with Crippen molar-refractivity contribution in [3.05, 3.63) is 57.6 Å². The molecule has 2 aromatic carbocycles. The molecule has 0 spiro atoms. The topological polar surface area (TPSA) is 60.8 Å². The van der Waals surface area contributed by atoms with Crippen LogP contribution in [0, 0.1) is 0 Å². The zero-order valence-corrected chi connectivity index (χ0v) is 12.8. The van der Waals surface area contributed by atoms with Gasteiger partial charge in [0.15, 0.2) is 0 Å². The standard InChI is InChI=1S/C16H14BrNO3/c17-13-7-12(14(19)8-15(13)20)16(21)18-6-5-10-3-1-2-4-11(10)9-18/h1-4,7-8,19-20H,5-6,9H2. The molecule has 0 saturated heterocycles. The van der Waals surface area contributed by atoms with Crippen LogP contribution in [0.4, 0.5) is 0 Å². The maximum Gasteiger partial charge on any atom is 0.257 e. The number of amides is 1. The van der Waals surface area contributed by atoms with Gasteiger partial charge in [0.25, 0.3) is 5.91 Å². The summed E-state index contributed by atoms with van der Waals surface area (Å²) in [6.07, 6.45) is 0.807. The van der Waals surface area contributed by atoms with E-state index in [2.05, 4.69) is 22.0 Å². The van der Waals surface area contributed by atoms with Gasteiger partial charge in [-0.2, -0.15) is 0 Å². The number of carbonyl (C=O) groups excluding carboxylic acids is 1. The fourth-order valence-corrected chi connectivity index (χ4v) is 2.90. The quantitative estimate of drug-likeness (QED) is 0.833. The van der Waals surface area contributed by atoms with E-state index in [0.29, 0.717) is 17.6 Å². The van der Waals surface area contributed by atoms with E-state index in [4.69, 9.17) is 0 Å². The smallest absolute Gasteiger partial charge is 0.257 e. The van der Waals surface area contributed by atoms with Crippen LogP contribution in [0.3, 0.4) is 0 Å². The van der Waals surface area contributed by atoms with E-state index in [1.165, 1.54) is 17.7 Å². The van der Waals surface area contributed by atoms with Crippen LogP contribution < -0.4 is 0 Å². The average Bonchev–Trinajstić information content (AvgIpc) is 2.50. The molecule has 1 aliphatic heterocycles. The van der Waals surface area contributed by atoms with Crippen LogP contribution in [0.1, 0.15) is 21.5 Å². The molecule has 1 heterocycles. The summed E-state index contributed by atoms with van der Waals surface area (Å²) in [7, 11) is 0. The number of aromatic hydroxyl groups is 2. The van der Waals surface area contributed by atoms with Gasteiger partial charge in [0.05, 0.1) is 10.0 Å². The molecular weight excluding hydrogens is 334 g/mol. The summed E-state index contributed by atoms with van der Waals surface area (Å²) in [6, 6.07) is 10.7. The summed E-state index contributed by atoms with van der Waals surface area (Å²) >= 11 is 3.17. The van der Waals surface area contributed by atoms with Crippen molar-refractivity contribution >= 4 is 21.8 Å². The van der Waals surface area contributed by atoms with Crippen molar-refractivity contribution in [2.24, 2.45) is 0 Å². The van der Waals surface area contributed by atoms with E-state index in [-0.39, 0.29) is 23.0 Å². The van der Waals surface area contributed by atoms with Crippen molar-refractivity contribution in [1.82, 2.24) is 4.90 Å². The van der Waals surface area contributed by atoms with E-state index in [0.717, 1.165) is 12.0 Å². The lowest BCUT2D eigenvalue weighted by molar-refractivity contribution is 0.0731. The first-order chi connectivity index (χ1) is 10.1. The molecule has 0 bridgehead atoms. The number of fused-ring (bicyclic) bond motifs is 1. The van der Waals surface area contributed by atoms with Gasteiger partial charge in [-0.15, -0.1) is 0 Å². The average molecular weight is 348 g/mol. The van der Waals surface area contributed by atoms with E-state index < -0.39 is 0 Å². The Morgan fingerprint density at radius 2 is 1.81 bits per heavy atom. The molecule has 2 aromatic rings. The van der Waals surface area contributed by atoms with Crippen molar-refractivity contribution in [2.45, 2.75) is 13.0 Å². The maximum atomic E-state index is 12.6. The van der Waals surface area contributed by atoms with Crippen LogP contribution >= 0.6 is 15.9 Å². The van der Waals surface area contributed by atoms with E-state index in [1.54, 1.807) is 4.90 Å². The minimum atomic E-state index is -0.234. The minimum Gasteiger partial charge on any atom is -0.507 e. The third-order valence-corrected chi connectivity index (χ3v) is 4.35. The van der Waals surface area contributed by atoms with Crippen molar-refractivity contribution in [1.29, 1.82) is 0 Å². The normalized spacial score (nSPS) is 13.9. The lowest BCUT2D eigenvalue weighted by atomic mass is 9.99. The summed E-state index contributed by atoms with van der Waals surface area (Å²) in [6.45, 7) is 1.15. The number of halogens is 1. The highest BCUT2D eigenvalue weighted by Crippen LogP contribution is 2.32. The molecule has 0 aromatic heterocycles. The summed E-state index contributed by atoms with van der Waals surface area (Å²) in [5.41, 5.74) is 2.59. The number of nitrogens with zero attached hydrogens (tertiary/aromatic N) is 1. The van der Waals surface area contributed by atoms with Gasteiger partial charge in [-0.1, -0.05) is 24.3 Å². The third kappa shape index (κ3) is 2.61. The van der Waals surface area contributed by atoms with Gasteiger partial charge < -0.3 is 15.1 Å². The van der Waals surface area contributed by atoms with Gasteiger partial charge >= 0.3 is 0 Å². The lowest BCUT2D eigenvalue weighted by Crippen LogP contribution is -2.35. The Morgan fingerprint density at radius 3 is 2.57 bits per heavy atom. The Hall–Kier alpha value is -2.01. The van der Waals surface area contributed by atoms with E-state index in [1.807, 2.05) is 18.2 Å². The minimum absolute atomic E-state index is 0.0898. The number of phenolic OH excluding ortho intramolecular Hbond substituents is 2. The van der Waals surface area contributed by atoms with Crippen LogP contribution in [0.5, 0.6) is 11.5 Å². The van der Waals surface area contributed by atoms with Gasteiger partial charge in [-0.25, -0.2) is 0 Å². The third-order valence-electron chi connectivity index (χ3n) is 3.71. The van der Waals surface area contributed by atoms with Gasteiger partial charge in [0.2, 0.25) is 0 Å². The van der Waals surface area contributed by atoms with Gasteiger partial charge in [0.1, 0.15) is 11.5 Å². The second kappa shape index (κ2) is 5.41. The number of hydrogen-bond acceptors (Lipinski definition) is 3. The molecule has 1 amide bonds. The fraction of sp³-hybridized carbons (Fsp3) is 0.188. The molecule has 0 fully saturated rings. The first kappa shape index (κ1) is 13.9. The first-order valence-corrected chi connectivity index (χ1v) is 7.43. The van der Waals surface area contributed by atoms with E-state index in [9.17, 15) is 15.0 Å². The Kier molecular flexibility index (Phi) is 3.59. The predicted octanol–water partition coefficient (Wildman–Crippen LogP) is 3.06. The van der Waals surface area contributed by atoms with Crippen molar-refractivity contribution < 1.29 is 15.0 Å². The lowest BCUT2D eigenvalue weighted by Gasteiger charge is -2.29. The summed E-state index contributed by atoms with van der Waals surface area (Å²) in [4.78, 5) is 14.3. The predicted molar refractivity (Wildman–Crippen MR) is 82.4 cm³/mol. The Bertz CT molecular complexity index is 715. The van der Waals surface area contributed by atoms with Gasteiger partial charge in [-0.3, -0.25) is 4.79 Å². The van der Waals surface area contributed by atoms with Crippen LogP contribution in [-0.4, -0.2) is 27.6 Å². The van der Waals surface area contributed by atoms with Crippen LogP contribution in [0.25, 0.3) is 0 Å². The monoisotopic (exact) mass is 347 g/mol. The Balaban J connectivity index is 1.89. The molecule has 5 heteroatoms. The molecule has 0 aliphatic carbocycles. The van der Waals surface area contributed by atoms with Crippen LogP contribution in [0.2, 0.25) is 0 Å². The molecule has 21 heavy (non-hydrogen) atoms. The fourth-order valence-electron chi connectivity index (χ4n) is 2.56. The highest BCUT2D eigenvalue weighted by molar-refractivity contribution is 9.10. The molecule has 0 radical (unpaired) electrons. The van der Waals surface area contributed by atoms with Crippen molar-refractivity contribution in [3.8, 4) is 11.5 Å². The number of phenols is 2. The molecule has 4 nitrogen and oxygen atoms in total. The summed E-state index contributed by atoms with van der Waals surface area (Å²) in [5.74, 6) is -0.532. The second-order valence-corrected chi connectivity index (χ2v) is 5.92. The molecule has 108 valence electrons. The first-order valence-electron chi connectivity index (χ1n) is 6.64. The van der Waals surface area contributed by atoms with Crippen molar-refractivity contribution in [2.75, 3.05) is 6.54 Å². The molecule has 0 atom stereocenters. The Morgan fingerprint density at radius 1 is 1.10 bits per heavy atom. The SMILES string of the molecule is O=C(c1cc(Br)c(O)cc1O)N1CCc2ccccc2C1. The molecule has 0 saturated carbocycles. The van der Waals surface area contributed by atoms with Gasteiger partial charge in [-0.05, 0) is 39.5 Å². The largest absolute Gasteiger partial charge is 0.507 e. The molecule has 2 N–H and O–H groups in total. The zero-order valence-electron chi connectivity index (χ0n) is 11.2. The molecule has 0 unspecified atom stereocenters. The highest BCUT2D eigenvalue weighted by atomic mass is 79.9. The zero-order chi connectivity index (χ0) is 15.0. The van der Waals surface area contributed by atoms with Crippen LogP contribution in [-0.2, 0) is 13.0 Å². The highest BCUT2D eigenvalue weighted by Gasteiger charge is 2.24. The van der Waals surface area contributed by atoms with Crippen LogP contribution in [0.15, 0.2) is 40.9 Å². The maximum absolute atomic E-state index is 12.6. The number of rotatable bonds is 1. The Labute approximate surface area is 130 Å². The second-order valence-electron chi connectivity index (χ2n) is 5.07. The van der Waals surface area contributed by atoms with E-state index >= 15 is 0 Å². The number of benzene rings is 2. The molecule has 1 aliphatic rings. The summed E-state index contributed by atoms with van der Waals surface area (Å²) < 4.78 is 0.390. The number of carbonyl (C=O) groups is 1.